The molecule has 0 radical (unpaired) electrons. The van der Waals surface area contributed by atoms with Crippen molar-refractivity contribution < 1.29 is 13.2 Å². The molecule has 0 aliphatic heterocycles. The molecule has 0 spiro atoms. The van der Waals surface area contributed by atoms with Crippen molar-refractivity contribution >= 4 is 27.0 Å². The molecule has 2 N–H and O–H groups in total. The first-order valence-corrected chi connectivity index (χ1v) is 10.8. The van der Waals surface area contributed by atoms with Crippen molar-refractivity contribution in [1.82, 2.24) is 14.0 Å². The molecular formula is C20H24N4O4S. The fraction of sp³-hybridized carbons (Fsp3) is 0.300. The smallest absolute Gasteiger partial charge is 0.329 e. The van der Waals surface area contributed by atoms with E-state index in [1.54, 1.807) is 23.7 Å². The molecule has 29 heavy (non-hydrogen) atoms. The summed E-state index contributed by atoms with van der Waals surface area (Å²) in [4.78, 5) is 27.2. The monoisotopic (exact) mass is 416 g/mol. The van der Waals surface area contributed by atoms with E-state index in [4.69, 9.17) is 5.14 Å². The maximum atomic E-state index is 12.9. The summed E-state index contributed by atoms with van der Waals surface area (Å²) in [5.41, 5.74) is 2.05. The highest BCUT2D eigenvalue weighted by molar-refractivity contribution is 7.89. The van der Waals surface area contributed by atoms with Gasteiger partial charge < -0.3 is 4.90 Å². The van der Waals surface area contributed by atoms with E-state index in [1.807, 2.05) is 38.1 Å². The van der Waals surface area contributed by atoms with Crippen molar-refractivity contribution in [3.05, 3.63) is 64.6 Å². The number of primary sulfonamides is 1. The summed E-state index contributed by atoms with van der Waals surface area (Å²) in [5.74, 6) is -0.228. The lowest BCUT2D eigenvalue weighted by molar-refractivity contribution is -0.132. The largest absolute Gasteiger partial charge is 0.337 e. The van der Waals surface area contributed by atoms with Crippen LogP contribution in [-0.2, 0) is 27.9 Å². The van der Waals surface area contributed by atoms with Crippen LogP contribution in [0.15, 0.2) is 58.2 Å². The van der Waals surface area contributed by atoms with E-state index < -0.39 is 10.0 Å². The first-order chi connectivity index (χ1) is 13.6. The number of hydrogen-bond donors (Lipinski definition) is 1. The molecule has 3 rings (SSSR count). The van der Waals surface area contributed by atoms with Gasteiger partial charge in [0, 0.05) is 13.6 Å². The highest BCUT2D eigenvalue weighted by Crippen LogP contribution is 2.21. The zero-order valence-electron chi connectivity index (χ0n) is 16.6. The Hall–Kier alpha value is -2.91. The molecule has 3 aromatic rings. The number of rotatable bonds is 6. The maximum absolute atomic E-state index is 12.9. The van der Waals surface area contributed by atoms with Crippen molar-refractivity contribution in [2.75, 3.05) is 7.05 Å². The summed E-state index contributed by atoms with van der Waals surface area (Å²) in [7, 11) is -2.11. The molecule has 1 atom stereocenters. The van der Waals surface area contributed by atoms with E-state index >= 15 is 0 Å². The molecule has 1 aromatic heterocycles. The van der Waals surface area contributed by atoms with Crippen molar-refractivity contribution in [3.8, 4) is 0 Å². The van der Waals surface area contributed by atoms with Crippen LogP contribution in [-0.4, -0.2) is 35.4 Å². The SMILES string of the molecule is CCn1c(=O)n(CC(=O)N(C)C(C)c2ccc(S(N)(=O)=O)cc2)c2ccccc21. The minimum absolute atomic E-state index is 0.0151. The molecule has 2 aromatic carbocycles. The molecule has 154 valence electrons. The highest BCUT2D eigenvalue weighted by atomic mass is 32.2. The van der Waals surface area contributed by atoms with Crippen molar-refractivity contribution in [3.63, 3.8) is 0 Å². The number of nitrogens with two attached hydrogens (primary N) is 1. The Kier molecular flexibility index (Phi) is 5.63. The van der Waals surface area contributed by atoms with Crippen LogP contribution in [0.3, 0.4) is 0 Å². The lowest BCUT2D eigenvalue weighted by atomic mass is 10.1. The number of nitrogens with zero attached hydrogens (tertiary/aromatic N) is 3. The second-order valence-electron chi connectivity index (χ2n) is 6.90. The summed E-state index contributed by atoms with van der Waals surface area (Å²) < 4.78 is 25.9. The lowest BCUT2D eigenvalue weighted by Gasteiger charge is -2.25. The average Bonchev–Trinajstić information content (AvgIpc) is 2.97. The number of para-hydroxylation sites is 2. The van der Waals surface area contributed by atoms with Crippen LogP contribution in [0.2, 0.25) is 0 Å². The van der Waals surface area contributed by atoms with Crippen LogP contribution in [0, 0.1) is 0 Å². The van der Waals surface area contributed by atoms with Crippen molar-refractivity contribution in [2.45, 2.75) is 37.9 Å². The zero-order valence-corrected chi connectivity index (χ0v) is 17.4. The molecule has 0 saturated heterocycles. The van der Waals surface area contributed by atoms with Gasteiger partial charge in [-0.2, -0.15) is 0 Å². The number of amides is 1. The molecule has 0 aliphatic carbocycles. The summed E-state index contributed by atoms with van der Waals surface area (Å²) >= 11 is 0. The molecular weight excluding hydrogens is 392 g/mol. The summed E-state index contributed by atoms with van der Waals surface area (Å²) in [6, 6.07) is 13.2. The van der Waals surface area contributed by atoms with Gasteiger partial charge in [0.05, 0.1) is 22.0 Å². The summed E-state index contributed by atoms with van der Waals surface area (Å²) in [6.07, 6.45) is 0. The van der Waals surface area contributed by atoms with Gasteiger partial charge in [-0.25, -0.2) is 18.4 Å². The van der Waals surface area contributed by atoms with Crippen molar-refractivity contribution in [1.29, 1.82) is 0 Å². The predicted molar refractivity (Wildman–Crippen MR) is 111 cm³/mol. The lowest BCUT2D eigenvalue weighted by Crippen LogP contribution is -2.36. The molecule has 1 unspecified atom stereocenters. The zero-order chi connectivity index (χ0) is 21.3. The number of hydrogen-bond acceptors (Lipinski definition) is 4. The molecule has 0 fully saturated rings. The Morgan fingerprint density at radius 3 is 2.14 bits per heavy atom. The second kappa shape index (κ2) is 7.84. The van der Waals surface area contributed by atoms with Gasteiger partial charge in [-0.1, -0.05) is 24.3 Å². The Bertz CT molecular complexity index is 1210. The van der Waals surface area contributed by atoms with Crippen LogP contribution in [0.5, 0.6) is 0 Å². The second-order valence-corrected chi connectivity index (χ2v) is 8.46. The quantitative estimate of drug-likeness (QED) is 0.660. The Balaban J connectivity index is 1.85. The van der Waals surface area contributed by atoms with Crippen LogP contribution in [0.1, 0.15) is 25.5 Å². The molecule has 0 bridgehead atoms. The van der Waals surface area contributed by atoms with E-state index in [2.05, 4.69) is 0 Å². The number of carbonyl (C=O) groups excluding carboxylic acids is 1. The average molecular weight is 417 g/mol. The third kappa shape index (κ3) is 3.96. The number of benzene rings is 2. The number of carbonyl (C=O) groups is 1. The number of imidazole rings is 1. The molecule has 1 heterocycles. The van der Waals surface area contributed by atoms with Crippen molar-refractivity contribution in [2.24, 2.45) is 5.14 Å². The van der Waals surface area contributed by atoms with Crippen LogP contribution in [0.25, 0.3) is 11.0 Å². The standard InChI is InChI=1S/C20H24N4O4S/c1-4-23-17-7-5-6-8-18(17)24(20(23)26)13-19(25)22(3)14(2)15-9-11-16(12-10-15)29(21,27)28/h5-12,14H,4,13H2,1-3H3,(H2,21,27,28). The Morgan fingerprint density at radius 1 is 1.07 bits per heavy atom. The number of aryl methyl sites for hydroxylation is 1. The normalized spacial score (nSPS) is 12.8. The number of fused-ring (bicyclic) bond motifs is 1. The van der Waals surface area contributed by atoms with E-state index in [0.717, 1.165) is 11.1 Å². The first-order valence-electron chi connectivity index (χ1n) is 9.21. The Morgan fingerprint density at radius 2 is 1.62 bits per heavy atom. The topological polar surface area (TPSA) is 107 Å². The maximum Gasteiger partial charge on any atom is 0.329 e. The molecule has 0 aliphatic rings. The van der Waals surface area contributed by atoms with Crippen LogP contribution < -0.4 is 10.8 Å². The van der Waals surface area contributed by atoms with Gasteiger partial charge in [0.1, 0.15) is 6.54 Å². The van der Waals surface area contributed by atoms with Gasteiger partial charge in [0.25, 0.3) is 0 Å². The predicted octanol–water partition coefficient (Wildman–Crippen LogP) is 1.69. The third-order valence-corrected chi connectivity index (χ3v) is 6.13. The van der Waals surface area contributed by atoms with E-state index in [0.29, 0.717) is 12.1 Å². The van der Waals surface area contributed by atoms with Gasteiger partial charge >= 0.3 is 5.69 Å². The third-order valence-electron chi connectivity index (χ3n) is 5.20. The Labute approximate surface area is 169 Å². The van der Waals surface area contributed by atoms with Crippen LogP contribution >= 0.6 is 0 Å². The number of aromatic nitrogens is 2. The van der Waals surface area contributed by atoms with Gasteiger partial charge in [0.15, 0.2) is 0 Å². The highest BCUT2D eigenvalue weighted by Gasteiger charge is 2.21. The minimum Gasteiger partial charge on any atom is -0.337 e. The van der Waals surface area contributed by atoms with Gasteiger partial charge in [-0.05, 0) is 43.7 Å². The molecule has 1 amide bonds. The van der Waals surface area contributed by atoms with Gasteiger partial charge in [-0.3, -0.25) is 13.9 Å². The van der Waals surface area contributed by atoms with E-state index in [1.165, 1.54) is 21.6 Å². The molecule has 9 heteroatoms. The first kappa shape index (κ1) is 20.8. The summed E-state index contributed by atoms with van der Waals surface area (Å²) in [6.45, 7) is 4.16. The minimum atomic E-state index is -3.77. The van der Waals surface area contributed by atoms with E-state index in [9.17, 15) is 18.0 Å². The van der Waals surface area contributed by atoms with E-state index in [-0.39, 0.29) is 29.1 Å². The number of likely N-dealkylation sites (N-methyl/N-ethyl adjacent to an activating group) is 1. The van der Waals surface area contributed by atoms with Crippen LogP contribution in [0.4, 0.5) is 0 Å². The fourth-order valence-corrected chi connectivity index (χ4v) is 3.87. The van der Waals surface area contributed by atoms with Gasteiger partial charge in [-0.15, -0.1) is 0 Å². The fourth-order valence-electron chi connectivity index (χ4n) is 3.35. The van der Waals surface area contributed by atoms with Gasteiger partial charge in [0.2, 0.25) is 15.9 Å². The molecule has 8 nitrogen and oxygen atoms in total. The number of sulfonamides is 1. The molecule has 0 saturated carbocycles. The summed E-state index contributed by atoms with van der Waals surface area (Å²) in [5, 5.41) is 5.12.